The van der Waals surface area contributed by atoms with Crippen LogP contribution in [0.1, 0.15) is 32.9 Å². The molecular weight excluding hydrogens is 202 g/mol. The van der Waals surface area contributed by atoms with E-state index in [0.29, 0.717) is 18.9 Å². The number of carbonyl (C=O) groups is 1. The summed E-state index contributed by atoms with van der Waals surface area (Å²) in [6.45, 7) is 6.51. The molecule has 4 nitrogen and oxygen atoms in total. The standard InChI is InChI=1S/C12H19N3O/c1-9(2)8-11-4-5-12(15-14-11)13-7-6-10(3)16/h4-5,9H,6-8H2,1-3H3,(H,13,15). The molecule has 1 aromatic rings. The van der Waals surface area contributed by atoms with Gasteiger partial charge in [-0.15, -0.1) is 5.10 Å². The Labute approximate surface area is 96.5 Å². The molecule has 0 saturated carbocycles. The highest BCUT2D eigenvalue weighted by Gasteiger charge is 2.01. The molecule has 0 aromatic carbocycles. The average Bonchev–Trinajstić information content (AvgIpc) is 2.19. The van der Waals surface area contributed by atoms with E-state index in [2.05, 4.69) is 29.4 Å². The molecule has 0 unspecified atom stereocenters. The van der Waals surface area contributed by atoms with Crippen LogP contribution in [0.5, 0.6) is 0 Å². The van der Waals surface area contributed by atoms with Crippen molar-refractivity contribution in [3.63, 3.8) is 0 Å². The van der Waals surface area contributed by atoms with E-state index in [1.165, 1.54) is 0 Å². The van der Waals surface area contributed by atoms with Gasteiger partial charge in [0.15, 0.2) is 0 Å². The molecule has 0 saturated heterocycles. The van der Waals surface area contributed by atoms with Crippen LogP contribution in [-0.2, 0) is 11.2 Å². The van der Waals surface area contributed by atoms with E-state index in [-0.39, 0.29) is 5.78 Å². The highest BCUT2D eigenvalue weighted by molar-refractivity contribution is 5.75. The van der Waals surface area contributed by atoms with E-state index in [4.69, 9.17) is 0 Å². The van der Waals surface area contributed by atoms with Gasteiger partial charge in [-0.2, -0.15) is 5.10 Å². The van der Waals surface area contributed by atoms with Crippen molar-refractivity contribution in [2.45, 2.75) is 33.6 Å². The minimum absolute atomic E-state index is 0.178. The first-order valence-corrected chi connectivity index (χ1v) is 5.64. The largest absolute Gasteiger partial charge is 0.368 e. The Morgan fingerprint density at radius 3 is 2.62 bits per heavy atom. The second kappa shape index (κ2) is 6.20. The number of aromatic nitrogens is 2. The molecule has 0 aliphatic heterocycles. The van der Waals surface area contributed by atoms with Crippen LogP contribution < -0.4 is 5.32 Å². The van der Waals surface area contributed by atoms with Crippen LogP contribution >= 0.6 is 0 Å². The van der Waals surface area contributed by atoms with Gasteiger partial charge >= 0.3 is 0 Å². The summed E-state index contributed by atoms with van der Waals surface area (Å²) in [7, 11) is 0. The third kappa shape index (κ3) is 4.87. The summed E-state index contributed by atoms with van der Waals surface area (Å²) in [6.07, 6.45) is 1.47. The van der Waals surface area contributed by atoms with Crippen LogP contribution in [0.3, 0.4) is 0 Å². The Balaban J connectivity index is 2.42. The number of nitrogens with one attached hydrogen (secondary N) is 1. The number of nitrogens with zero attached hydrogens (tertiary/aromatic N) is 2. The van der Waals surface area contributed by atoms with Gasteiger partial charge in [0.1, 0.15) is 11.6 Å². The van der Waals surface area contributed by atoms with Gasteiger partial charge in [-0.05, 0) is 31.4 Å². The van der Waals surface area contributed by atoms with Crippen LogP contribution in [0.2, 0.25) is 0 Å². The van der Waals surface area contributed by atoms with Crippen LogP contribution in [0.15, 0.2) is 12.1 Å². The first-order chi connectivity index (χ1) is 7.58. The molecule has 16 heavy (non-hydrogen) atoms. The summed E-state index contributed by atoms with van der Waals surface area (Å²) in [4.78, 5) is 10.7. The maximum atomic E-state index is 10.7. The topological polar surface area (TPSA) is 54.9 Å². The highest BCUT2D eigenvalue weighted by atomic mass is 16.1. The summed E-state index contributed by atoms with van der Waals surface area (Å²) in [5.74, 6) is 1.50. The Kier molecular flexibility index (Phi) is 4.89. The van der Waals surface area contributed by atoms with Crippen LogP contribution in [0, 0.1) is 5.92 Å². The maximum absolute atomic E-state index is 10.7. The molecule has 1 aromatic heterocycles. The predicted molar refractivity (Wildman–Crippen MR) is 64.4 cm³/mol. The third-order valence-corrected chi connectivity index (χ3v) is 2.12. The molecule has 88 valence electrons. The zero-order chi connectivity index (χ0) is 12.0. The second-order valence-electron chi connectivity index (χ2n) is 4.39. The maximum Gasteiger partial charge on any atom is 0.148 e. The molecule has 0 amide bonds. The van der Waals surface area contributed by atoms with Crippen molar-refractivity contribution in [3.8, 4) is 0 Å². The molecule has 1 N–H and O–H groups in total. The lowest BCUT2D eigenvalue weighted by Crippen LogP contribution is -2.08. The quantitative estimate of drug-likeness (QED) is 0.799. The van der Waals surface area contributed by atoms with Crippen LogP contribution in [0.25, 0.3) is 0 Å². The molecule has 0 radical (unpaired) electrons. The molecule has 0 aliphatic carbocycles. The summed E-state index contributed by atoms with van der Waals surface area (Å²) >= 11 is 0. The van der Waals surface area contributed by atoms with Gasteiger partial charge in [-0.3, -0.25) is 4.79 Å². The van der Waals surface area contributed by atoms with Gasteiger partial charge < -0.3 is 5.32 Å². The first kappa shape index (κ1) is 12.6. The number of hydrogen-bond acceptors (Lipinski definition) is 4. The predicted octanol–water partition coefficient (Wildman–Crippen LogP) is 2.07. The van der Waals surface area contributed by atoms with Gasteiger partial charge in [-0.25, -0.2) is 0 Å². The van der Waals surface area contributed by atoms with Gasteiger partial charge in [0.05, 0.1) is 5.69 Å². The Hall–Kier alpha value is -1.45. The second-order valence-corrected chi connectivity index (χ2v) is 4.39. The van der Waals surface area contributed by atoms with E-state index in [9.17, 15) is 4.79 Å². The van der Waals surface area contributed by atoms with Crippen LogP contribution in [0.4, 0.5) is 5.82 Å². The van der Waals surface area contributed by atoms with Crippen LogP contribution in [-0.4, -0.2) is 22.5 Å². The normalized spacial score (nSPS) is 10.5. The van der Waals surface area contributed by atoms with Crippen molar-refractivity contribution in [1.82, 2.24) is 10.2 Å². The summed E-state index contributed by atoms with van der Waals surface area (Å²) in [6, 6.07) is 3.88. The smallest absolute Gasteiger partial charge is 0.148 e. The first-order valence-electron chi connectivity index (χ1n) is 5.64. The fourth-order valence-electron chi connectivity index (χ4n) is 1.35. The van der Waals surface area contributed by atoms with Crippen molar-refractivity contribution >= 4 is 11.6 Å². The average molecular weight is 221 g/mol. The van der Waals surface area contributed by atoms with Crippen molar-refractivity contribution in [2.75, 3.05) is 11.9 Å². The summed E-state index contributed by atoms with van der Waals surface area (Å²) < 4.78 is 0. The van der Waals surface area contributed by atoms with Gasteiger partial charge in [0, 0.05) is 13.0 Å². The van der Waals surface area contributed by atoms with Gasteiger partial charge in [0.2, 0.25) is 0 Å². The number of anilines is 1. The van der Waals surface area contributed by atoms with Gasteiger partial charge in [0.25, 0.3) is 0 Å². The van der Waals surface area contributed by atoms with Crippen molar-refractivity contribution in [3.05, 3.63) is 17.8 Å². The minimum atomic E-state index is 0.178. The molecule has 1 heterocycles. The minimum Gasteiger partial charge on any atom is -0.368 e. The number of carbonyl (C=O) groups excluding carboxylic acids is 1. The monoisotopic (exact) mass is 221 g/mol. The van der Waals surface area contributed by atoms with Crippen molar-refractivity contribution in [1.29, 1.82) is 0 Å². The van der Waals surface area contributed by atoms with Gasteiger partial charge in [-0.1, -0.05) is 13.8 Å². The van der Waals surface area contributed by atoms with E-state index in [1.807, 2.05) is 12.1 Å². The highest BCUT2D eigenvalue weighted by Crippen LogP contribution is 2.06. The zero-order valence-corrected chi connectivity index (χ0v) is 10.2. The molecule has 0 spiro atoms. The molecule has 0 fully saturated rings. The SMILES string of the molecule is CC(=O)CCNc1ccc(CC(C)C)nn1. The molecule has 0 bridgehead atoms. The van der Waals surface area contributed by atoms with E-state index >= 15 is 0 Å². The Morgan fingerprint density at radius 1 is 1.38 bits per heavy atom. The molecular formula is C12H19N3O. The molecule has 0 atom stereocenters. The number of ketones is 1. The summed E-state index contributed by atoms with van der Waals surface area (Å²) in [5.41, 5.74) is 1.01. The van der Waals surface area contributed by atoms with E-state index < -0.39 is 0 Å². The fourth-order valence-corrected chi connectivity index (χ4v) is 1.35. The summed E-state index contributed by atoms with van der Waals surface area (Å²) in [5, 5.41) is 11.2. The number of rotatable bonds is 6. The zero-order valence-electron chi connectivity index (χ0n) is 10.2. The number of Topliss-reactive ketones (excluding diaryl/α,β-unsaturated/α-hetero) is 1. The Morgan fingerprint density at radius 2 is 2.12 bits per heavy atom. The third-order valence-electron chi connectivity index (χ3n) is 2.12. The Bertz CT molecular complexity index is 333. The molecule has 4 heteroatoms. The van der Waals surface area contributed by atoms with Crippen molar-refractivity contribution < 1.29 is 4.79 Å². The lowest BCUT2D eigenvalue weighted by molar-refractivity contribution is -0.116. The number of hydrogen-bond donors (Lipinski definition) is 1. The lowest BCUT2D eigenvalue weighted by Gasteiger charge is -2.05. The lowest BCUT2D eigenvalue weighted by atomic mass is 10.1. The van der Waals surface area contributed by atoms with E-state index in [1.54, 1.807) is 6.92 Å². The molecule has 0 aliphatic rings. The fraction of sp³-hybridized carbons (Fsp3) is 0.583. The van der Waals surface area contributed by atoms with Crippen molar-refractivity contribution in [2.24, 2.45) is 5.92 Å². The molecule has 1 rings (SSSR count). The van der Waals surface area contributed by atoms with E-state index in [0.717, 1.165) is 17.9 Å².